The summed E-state index contributed by atoms with van der Waals surface area (Å²) in [5.41, 5.74) is 3.78. The van der Waals surface area contributed by atoms with Crippen molar-refractivity contribution in [2.45, 2.75) is 31.2 Å². The van der Waals surface area contributed by atoms with E-state index in [1.807, 2.05) is 12.1 Å². The number of para-hydroxylation sites is 1. The fourth-order valence-electron chi connectivity index (χ4n) is 5.68. The molecule has 2 aromatic carbocycles. The van der Waals surface area contributed by atoms with E-state index in [1.54, 1.807) is 6.07 Å². The van der Waals surface area contributed by atoms with Gasteiger partial charge in [-0.2, -0.15) is 0 Å². The van der Waals surface area contributed by atoms with Gasteiger partial charge in [-0.05, 0) is 60.1 Å². The Bertz CT molecular complexity index is 801. The summed E-state index contributed by atoms with van der Waals surface area (Å²) in [6, 6.07) is 16.6. The van der Waals surface area contributed by atoms with E-state index in [1.165, 1.54) is 30.4 Å². The van der Waals surface area contributed by atoms with E-state index in [2.05, 4.69) is 35.6 Å². The number of carbonyl (C=O) groups is 1. The van der Waals surface area contributed by atoms with Gasteiger partial charge >= 0.3 is 5.97 Å². The summed E-state index contributed by atoms with van der Waals surface area (Å²) in [4.78, 5) is 11.7. The highest BCUT2D eigenvalue weighted by Crippen LogP contribution is 2.63. The highest BCUT2D eigenvalue weighted by molar-refractivity contribution is 5.95. The highest BCUT2D eigenvalue weighted by atomic mass is 16.4. The molecule has 0 spiro atoms. The predicted molar refractivity (Wildman–Crippen MR) is 93.3 cm³/mol. The second-order valence-corrected chi connectivity index (χ2v) is 7.54. The van der Waals surface area contributed by atoms with Crippen molar-refractivity contribution in [1.82, 2.24) is 0 Å². The van der Waals surface area contributed by atoms with Gasteiger partial charge in [-0.1, -0.05) is 42.5 Å². The smallest absolute Gasteiger partial charge is 0.337 e. The fourth-order valence-corrected chi connectivity index (χ4v) is 5.68. The molecular formula is C21H21NO2. The lowest BCUT2D eigenvalue weighted by Crippen LogP contribution is -2.36. The zero-order valence-corrected chi connectivity index (χ0v) is 13.5. The Hall–Kier alpha value is -2.29. The van der Waals surface area contributed by atoms with Crippen molar-refractivity contribution >= 4 is 11.7 Å². The Balaban J connectivity index is 1.69. The lowest BCUT2D eigenvalue weighted by molar-refractivity contribution is 0.0697. The first-order chi connectivity index (χ1) is 11.7. The third kappa shape index (κ3) is 1.87. The maximum Gasteiger partial charge on any atom is 0.337 e. The van der Waals surface area contributed by atoms with Crippen LogP contribution in [-0.2, 0) is 0 Å². The standard InChI is InChI=1S/C21H21NO2/c23-21(24)16-8-4-7-15-17-13-9-10-14(11-13)18(17)19(22-20(15)16)12-5-2-1-3-6-12/h1-8,13-14,17-19,22H,9-11H2,(H,23,24)/t13-,14-,17+,18-,19-/m0/s1. The second-order valence-electron chi connectivity index (χ2n) is 7.54. The van der Waals surface area contributed by atoms with Crippen molar-refractivity contribution in [1.29, 1.82) is 0 Å². The Kier molecular flexibility index (Phi) is 2.99. The van der Waals surface area contributed by atoms with Crippen LogP contribution >= 0.6 is 0 Å². The number of carboxylic acid groups (broad SMARTS) is 1. The summed E-state index contributed by atoms with van der Waals surface area (Å²) in [5, 5.41) is 13.3. The Morgan fingerprint density at radius 3 is 2.58 bits per heavy atom. The van der Waals surface area contributed by atoms with Crippen LogP contribution in [0.4, 0.5) is 5.69 Å². The van der Waals surface area contributed by atoms with Crippen molar-refractivity contribution in [2.75, 3.05) is 5.32 Å². The molecule has 3 aliphatic rings. The molecule has 122 valence electrons. The summed E-state index contributed by atoms with van der Waals surface area (Å²) in [6.07, 6.45) is 3.92. The zero-order valence-electron chi connectivity index (χ0n) is 13.5. The second kappa shape index (κ2) is 5.10. The molecule has 2 aromatic rings. The molecule has 0 aromatic heterocycles. The first-order valence-corrected chi connectivity index (χ1v) is 8.91. The van der Waals surface area contributed by atoms with Crippen molar-refractivity contribution in [3.8, 4) is 0 Å². The van der Waals surface area contributed by atoms with E-state index in [4.69, 9.17) is 0 Å². The molecule has 1 heterocycles. The van der Waals surface area contributed by atoms with Gasteiger partial charge in [0.05, 0.1) is 17.3 Å². The van der Waals surface area contributed by atoms with Crippen LogP contribution in [0, 0.1) is 17.8 Å². The van der Waals surface area contributed by atoms with E-state index in [9.17, 15) is 9.90 Å². The molecule has 3 heteroatoms. The summed E-state index contributed by atoms with van der Waals surface area (Å²) in [5.74, 6) is 1.73. The molecular weight excluding hydrogens is 298 g/mol. The summed E-state index contributed by atoms with van der Waals surface area (Å²) in [7, 11) is 0. The third-order valence-electron chi connectivity index (χ3n) is 6.51. The molecule has 3 nitrogen and oxygen atoms in total. The summed E-state index contributed by atoms with van der Waals surface area (Å²) < 4.78 is 0. The normalized spacial score (nSPS) is 32.8. The predicted octanol–water partition coefficient (Wildman–Crippen LogP) is 4.68. The van der Waals surface area contributed by atoms with Gasteiger partial charge in [-0.25, -0.2) is 4.79 Å². The van der Waals surface area contributed by atoms with E-state index in [0.29, 0.717) is 17.4 Å². The van der Waals surface area contributed by atoms with Crippen molar-refractivity contribution in [3.63, 3.8) is 0 Å². The molecule has 0 radical (unpaired) electrons. The van der Waals surface area contributed by atoms with Gasteiger partial charge in [0.2, 0.25) is 0 Å². The van der Waals surface area contributed by atoms with Gasteiger partial charge in [-0.3, -0.25) is 0 Å². The molecule has 0 amide bonds. The molecule has 2 fully saturated rings. The van der Waals surface area contributed by atoms with Crippen LogP contribution in [0.3, 0.4) is 0 Å². The first-order valence-electron chi connectivity index (χ1n) is 8.91. The van der Waals surface area contributed by atoms with Crippen LogP contribution < -0.4 is 5.32 Å². The first kappa shape index (κ1) is 14.1. The zero-order chi connectivity index (χ0) is 16.3. The largest absolute Gasteiger partial charge is 0.478 e. The Labute approximate surface area is 141 Å². The number of aromatic carboxylic acids is 1. The fraction of sp³-hybridized carbons (Fsp3) is 0.381. The molecule has 24 heavy (non-hydrogen) atoms. The molecule has 0 unspecified atom stereocenters. The van der Waals surface area contributed by atoms with Crippen molar-refractivity contribution in [3.05, 3.63) is 65.2 Å². The van der Waals surface area contributed by atoms with Crippen LogP contribution in [0.1, 0.15) is 52.7 Å². The highest BCUT2D eigenvalue weighted by Gasteiger charge is 2.54. The Morgan fingerprint density at radius 1 is 1.00 bits per heavy atom. The molecule has 1 aliphatic heterocycles. The van der Waals surface area contributed by atoms with Crippen molar-refractivity contribution < 1.29 is 9.90 Å². The molecule has 5 atom stereocenters. The number of carboxylic acids is 1. The number of benzene rings is 2. The number of hydrogen-bond acceptors (Lipinski definition) is 2. The summed E-state index contributed by atoms with van der Waals surface area (Å²) in [6.45, 7) is 0. The quantitative estimate of drug-likeness (QED) is 0.845. The lowest BCUT2D eigenvalue weighted by Gasteiger charge is -2.44. The Morgan fingerprint density at radius 2 is 1.79 bits per heavy atom. The average molecular weight is 319 g/mol. The van der Waals surface area contributed by atoms with Crippen LogP contribution in [0.25, 0.3) is 0 Å². The van der Waals surface area contributed by atoms with E-state index >= 15 is 0 Å². The van der Waals surface area contributed by atoms with Crippen molar-refractivity contribution in [2.24, 2.45) is 17.8 Å². The summed E-state index contributed by atoms with van der Waals surface area (Å²) >= 11 is 0. The monoisotopic (exact) mass is 319 g/mol. The minimum absolute atomic E-state index is 0.222. The number of hydrogen-bond donors (Lipinski definition) is 2. The number of anilines is 1. The maximum atomic E-state index is 11.7. The molecule has 2 bridgehead atoms. The third-order valence-corrected chi connectivity index (χ3v) is 6.51. The maximum absolute atomic E-state index is 11.7. The van der Waals surface area contributed by atoms with Crippen LogP contribution in [0.2, 0.25) is 0 Å². The minimum Gasteiger partial charge on any atom is -0.478 e. The van der Waals surface area contributed by atoms with E-state index in [-0.39, 0.29) is 6.04 Å². The van der Waals surface area contributed by atoms with E-state index in [0.717, 1.165) is 17.5 Å². The minimum atomic E-state index is -0.840. The van der Waals surface area contributed by atoms with E-state index < -0.39 is 5.97 Å². The molecule has 0 saturated heterocycles. The van der Waals surface area contributed by atoms with Crippen LogP contribution in [0.15, 0.2) is 48.5 Å². The lowest BCUT2D eigenvalue weighted by atomic mass is 9.67. The molecule has 5 rings (SSSR count). The molecule has 2 N–H and O–H groups in total. The number of rotatable bonds is 2. The van der Waals surface area contributed by atoms with Gasteiger partial charge in [0.25, 0.3) is 0 Å². The van der Waals surface area contributed by atoms with Crippen LogP contribution in [0.5, 0.6) is 0 Å². The molecule has 2 aliphatic carbocycles. The van der Waals surface area contributed by atoms with Gasteiger partial charge in [0.1, 0.15) is 0 Å². The van der Waals surface area contributed by atoms with Crippen LogP contribution in [-0.4, -0.2) is 11.1 Å². The van der Waals surface area contributed by atoms with Gasteiger partial charge < -0.3 is 10.4 Å². The SMILES string of the molecule is O=C(O)c1cccc2c1N[C@@H](c1ccccc1)[C@H]1[C@H]3CC[C@@H](C3)[C@H]21. The van der Waals surface area contributed by atoms with Gasteiger partial charge in [-0.15, -0.1) is 0 Å². The number of fused-ring (bicyclic) bond motifs is 7. The molecule has 2 saturated carbocycles. The topological polar surface area (TPSA) is 49.3 Å². The van der Waals surface area contributed by atoms with Gasteiger partial charge in [0.15, 0.2) is 0 Å². The van der Waals surface area contributed by atoms with Gasteiger partial charge in [0, 0.05) is 0 Å². The average Bonchev–Trinajstić information content (AvgIpc) is 3.23. The number of nitrogens with one attached hydrogen (secondary N) is 1.